The number of nitrogens with two attached hydrogens (primary N) is 1. The van der Waals surface area contributed by atoms with Gasteiger partial charge in [0, 0.05) is 25.2 Å². The molecule has 30 heavy (non-hydrogen) atoms. The Morgan fingerprint density at radius 1 is 1.33 bits per heavy atom. The van der Waals surface area contributed by atoms with Gasteiger partial charge in [-0.05, 0) is 74.6 Å². The van der Waals surface area contributed by atoms with Crippen molar-refractivity contribution in [3.8, 4) is 0 Å². The van der Waals surface area contributed by atoms with Gasteiger partial charge in [-0.25, -0.2) is 9.38 Å². The van der Waals surface area contributed by atoms with E-state index in [1.807, 2.05) is 13.0 Å². The number of halogens is 1. The number of carbonyl (C=O) groups is 1. The van der Waals surface area contributed by atoms with Gasteiger partial charge in [-0.15, -0.1) is 0 Å². The van der Waals surface area contributed by atoms with E-state index < -0.39 is 5.82 Å². The molecule has 6 nitrogen and oxygen atoms in total. The summed E-state index contributed by atoms with van der Waals surface area (Å²) in [6.07, 6.45) is 6.19. The van der Waals surface area contributed by atoms with Gasteiger partial charge in [0.15, 0.2) is 5.17 Å². The second-order valence-electron chi connectivity index (χ2n) is 7.10. The van der Waals surface area contributed by atoms with Crippen LogP contribution in [0.25, 0.3) is 6.08 Å². The van der Waals surface area contributed by atoms with Gasteiger partial charge in [0.05, 0.1) is 10.6 Å². The van der Waals surface area contributed by atoms with E-state index in [2.05, 4.69) is 28.4 Å². The zero-order chi connectivity index (χ0) is 21.7. The first-order valence-corrected chi connectivity index (χ1v) is 10.6. The average Bonchev–Trinajstić information content (AvgIpc) is 2.89. The number of benzene rings is 1. The molecule has 1 saturated heterocycles. The van der Waals surface area contributed by atoms with Crippen LogP contribution < -0.4 is 5.73 Å². The fourth-order valence-electron chi connectivity index (χ4n) is 3.34. The molecular weight excluding hydrogens is 401 g/mol. The Morgan fingerprint density at radius 3 is 2.80 bits per heavy atom. The van der Waals surface area contributed by atoms with E-state index in [0.29, 0.717) is 21.7 Å². The number of carbonyl (C=O) groups excluding carboxylic acids is 1. The van der Waals surface area contributed by atoms with Crippen LogP contribution in [0.1, 0.15) is 24.5 Å². The summed E-state index contributed by atoms with van der Waals surface area (Å²) in [6, 6.07) is 4.63. The van der Waals surface area contributed by atoms with Crippen LogP contribution in [-0.2, 0) is 4.79 Å². The maximum Gasteiger partial charge on any atom is 0.286 e. The largest absolute Gasteiger partial charge is 0.378 e. The molecular formula is C22H26FN5OS. The number of likely N-dealkylation sites (N-methyl/N-ethyl adjacent to an activating group) is 1. The first-order chi connectivity index (χ1) is 14.4. The quantitative estimate of drug-likeness (QED) is 0.577. The summed E-state index contributed by atoms with van der Waals surface area (Å²) >= 11 is 1.10. The van der Waals surface area contributed by atoms with Crippen LogP contribution in [0.4, 0.5) is 4.39 Å². The van der Waals surface area contributed by atoms with Crippen molar-refractivity contribution in [3.05, 3.63) is 64.6 Å². The zero-order valence-electron chi connectivity index (χ0n) is 17.3. The molecule has 1 fully saturated rings. The third kappa shape index (κ3) is 5.25. The number of amidine groups is 1. The summed E-state index contributed by atoms with van der Waals surface area (Å²) < 4.78 is 14.7. The first kappa shape index (κ1) is 22.0. The van der Waals surface area contributed by atoms with Crippen molar-refractivity contribution in [2.24, 2.45) is 15.7 Å². The molecule has 0 saturated carbocycles. The van der Waals surface area contributed by atoms with E-state index in [0.717, 1.165) is 50.2 Å². The van der Waals surface area contributed by atoms with Gasteiger partial charge < -0.3 is 15.5 Å². The number of rotatable bonds is 5. The maximum absolute atomic E-state index is 14.7. The van der Waals surface area contributed by atoms with Crippen LogP contribution in [-0.4, -0.2) is 59.8 Å². The molecule has 2 heterocycles. The lowest BCUT2D eigenvalue weighted by molar-refractivity contribution is -0.113. The van der Waals surface area contributed by atoms with Crippen LogP contribution in [0, 0.1) is 5.82 Å². The van der Waals surface area contributed by atoms with Gasteiger partial charge in [-0.2, -0.15) is 4.99 Å². The number of thioether (sulfide) groups is 1. The maximum atomic E-state index is 14.7. The standard InChI is InChI=1S/C22H26FN5OS/c1-4-18(25-20(5-2)28-10-6-9-27(3)11-12-28)16-13-15(7-8-17(16)23)14-19-21(29)26-22(24)30-19/h4-5,7-8,13-14H,1,6,9-12H2,2-3H3,(H2,24,26,29)/b19-14-,20-5+,25-18+. The fourth-order valence-corrected chi connectivity index (χ4v) is 4.02. The van der Waals surface area contributed by atoms with Crippen LogP contribution in [0.3, 0.4) is 0 Å². The first-order valence-electron chi connectivity index (χ1n) is 9.80. The summed E-state index contributed by atoms with van der Waals surface area (Å²) in [5.41, 5.74) is 7.04. The highest BCUT2D eigenvalue weighted by Crippen LogP contribution is 2.27. The zero-order valence-corrected chi connectivity index (χ0v) is 18.1. The second-order valence-corrected chi connectivity index (χ2v) is 8.16. The average molecular weight is 428 g/mol. The van der Waals surface area contributed by atoms with Gasteiger partial charge in [0.2, 0.25) is 0 Å². The van der Waals surface area contributed by atoms with Gasteiger partial charge in [0.25, 0.3) is 5.91 Å². The molecule has 1 aromatic carbocycles. The molecule has 0 bridgehead atoms. The molecule has 1 amide bonds. The Labute approximate surface area is 180 Å². The SMILES string of the molecule is C=C/C(=N\C(=C/C)N1CCCN(C)CC1)c1cc(/C=C2\SC(N)=NC2=O)ccc1F. The number of aliphatic imine (C=N–C) groups is 2. The van der Waals surface area contributed by atoms with Gasteiger partial charge >= 0.3 is 0 Å². The summed E-state index contributed by atoms with van der Waals surface area (Å²) in [5.74, 6) is 0.0115. The third-order valence-electron chi connectivity index (χ3n) is 4.93. The van der Waals surface area contributed by atoms with Gasteiger partial charge in [0.1, 0.15) is 11.6 Å². The number of hydrogen-bond donors (Lipinski definition) is 1. The van der Waals surface area contributed by atoms with Crippen molar-refractivity contribution in [3.63, 3.8) is 0 Å². The summed E-state index contributed by atoms with van der Waals surface area (Å²) in [4.78, 5) is 25.2. The minimum absolute atomic E-state index is 0.211. The topological polar surface area (TPSA) is 74.3 Å². The summed E-state index contributed by atoms with van der Waals surface area (Å²) in [7, 11) is 2.11. The van der Waals surface area contributed by atoms with Crippen molar-refractivity contribution >= 4 is 34.6 Å². The summed E-state index contributed by atoms with van der Waals surface area (Å²) in [5, 5.41) is 0.211. The molecule has 0 atom stereocenters. The summed E-state index contributed by atoms with van der Waals surface area (Å²) in [6.45, 7) is 9.52. The Balaban J connectivity index is 1.91. The predicted octanol–water partition coefficient (Wildman–Crippen LogP) is 3.23. The minimum atomic E-state index is -0.400. The molecule has 158 valence electrons. The van der Waals surface area contributed by atoms with E-state index in [1.165, 1.54) is 6.07 Å². The highest BCUT2D eigenvalue weighted by Gasteiger charge is 2.20. The lowest BCUT2D eigenvalue weighted by Gasteiger charge is -2.23. The smallest absolute Gasteiger partial charge is 0.286 e. The normalized spacial score (nSPS) is 20.5. The van der Waals surface area contributed by atoms with Crippen molar-refractivity contribution in [1.29, 1.82) is 0 Å². The van der Waals surface area contributed by atoms with E-state index in [1.54, 1.807) is 24.3 Å². The highest BCUT2D eigenvalue weighted by atomic mass is 32.2. The van der Waals surface area contributed by atoms with Crippen molar-refractivity contribution in [2.45, 2.75) is 13.3 Å². The monoisotopic (exact) mass is 427 g/mol. The van der Waals surface area contributed by atoms with Crippen LogP contribution in [0.2, 0.25) is 0 Å². The van der Waals surface area contributed by atoms with E-state index in [9.17, 15) is 9.18 Å². The van der Waals surface area contributed by atoms with Crippen LogP contribution >= 0.6 is 11.8 Å². The molecule has 2 aliphatic rings. The fraction of sp³-hybridized carbons (Fsp3) is 0.318. The highest BCUT2D eigenvalue weighted by molar-refractivity contribution is 8.18. The molecule has 0 aliphatic carbocycles. The minimum Gasteiger partial charge on any atom is -0.378 e. The Morgan fingerprint density at radius 2 is 2.13 bits per heavy atom. The van der Waals surface area contributed by atoms with Crippen LogP contribution in [0.15, 0.2) is 57.6 Å². The Hall–Kier alpha value is -2.71. The Bertz CT molecular complexity index is 966. The second kappa shape index (κ2) is 9.86. The van der Waals surface area contributed by atoms with Gasteiger partial charge in [-0.1, -0.05) is 12.6 Å². The number of allylic oxidation sites excluding steroid dienone is 2. The van der Waals surface area contributed by atoms with E-state index in [4.69, 9.17) is 10.7 Å². The van der Waals surface area contributed by atoms with Crippen molar-refractivity contribution in [2.75, 3.05) is 33.2 Å². The molecule has 2 aliphatic heterocycles. The number of amides is 1. The van der Waals surface area contributed by atoms with Crippen molar-refractivity contribution in [1.82, 2.24) is 9.80 Å². The van der Waals surface area contributed by atoms with E-state index >= 15 is 0 Å². The van der Waals surface area contributed by atoms with Crippen LogP contribution in [0.5, 0.6) is 0 Å². The number of nitrogens with zero attached hydrogens (tertiary/aromatic N) is 4. The molecule has 0 aromatic heterocycles. The molecule has 1 aromatic rings. The molecule has 0 unspecified atom stereocenters. The van der Waals surface area contributed by atoms with Gasteiger partial charge in [-0.3, -0.25) is 4.79 Å². The van der Waals surface area contributed by atoms with E-state index in [-0.39, 0.29) is 11.1 Å². The lowest BCUT2D eigenvalue weighted by Crippen LogP contribution is -2.28. The molecule has 0 spiro atoms. The molecule has 3 rings (SSSR count). The third-order valence-corrected chi connectivity index (χ3v) is 5.74. The molecule has 2 N–H and O–H groups in total. The predicted molar refractivity (Wildman–Crippen MR) is 123 cm³/mol. The van der Waals surface area contributed by atoms with Crippen molar-refractivity contribution < 1.29 is 9.18 Å². The lowest BCUT2D eigenvalue weighted by atomic mass is 10.0. The molecule has 8 heteroatoms. The Kier molecular flexibility index (Phi) is 7.23. The number of hydrogen-bond acceptors (Lipinski definition) is 6. The molecule has 0 radical (unpaired) electrons.